The van der Waals surface area contributed by atoms with Gasteiger partial charge in [-0.3, -0.25) is 0 Å². The van der Waals surface area contributed by atoms with Gasteiger partial charge in [-0.2, -0.15) is 5.26 Å². The lowest BCUT2D eigenvalue weighted by molar-refractivity contribution is 1.03. The second-order valence-corrected chi connectivity index (χ2v) is 2.40. The van der Waals surface area contributed by atoms with Gasteiger partial charge in [0.25, 0.3) is 0 Å². The van der Waals surface area contributed by atoms with Crippen molar-refractivity contribution in [1.82, 2.24) is 9.97 Å². The predicted octanol–water partition coefficient (Wildman–Crippen LogP) is 1.34. The number of anilines is 1. The summed E-state index contributed by atoms with van der Waals surface area (Å²) in [7, 11) is 0. The van der Waals surface area contributed by atoms with E-state index < -0.39 is 0 Å². The minimum absolute atomic E-state index is 0.328. The number of rotatable bonds is 4. The highest BCUT2D eigenvalue weighted by Gasteiger charge is 1.93. The largest absolute Gasteiger partial charge is 0.368 e. The molecule has 0 saturated heterocycles. The summed E-state index contributed by atoms with van der Waals surface area (Å²) >= 11 is 0. The fourth-order valence-electron chi connectivity index (χ4n) is 0.779. The molecule has 1 aromatic rings. The zero-order valence-corrected chi connectivity index (χ0v) is 7.20. The van der Waals surface area contributed by atoms with Crippen LogP contribution in [0.4, 0.5) is 5.82 Å². The number of aromatic nitrogens is 2. The predicted molar refractivity (Wildman–Crippen MR) is 50.1 cm³/mol. The molecule has 1 rings (SSSR count). The lowest BCUT2D eigenvalue weighted by atomic mass is 10.4. The highest BCUT2D eigenvalue weighted by Crippen LogP contribution is 1.99. The summed E-state index contributed by atoms with van der Waals surface area (Å²) in [4.78, 5) is 7.85. The quantitative estimate of drug-likeness (QED) is 0.552. The molecule has 0 aromatic carbocycles. The molecule has 4 heteroatoms. The van der Waals surface area contributed by atoms with Gasteiger partial charge in [0.05, 0.1) is 12.4 Å². The maximum Gasteiger partial charge on any atom is 0.158 e. The molecule has 0 aliphatic carbocycles. The van der Waals surface area contributed by atoms with Gasteiger partial charge in [-0.15, -0.1) is 6.58 Å². The number of hydrogen-bond donors (Lipinski definition) is 1. The van der Waals surface area contributed by atoms with Crippen LogP contribution < -0.4 is 5.32 Å². The van der Waals surface area contributed by atoms with E-state index in [1.165, 1.54) is 6.20 Å². The van der Waals surface area contributed by atoms with E-state index in [1.807, 2.05) is 12.1 Å². The van der Waals surface area contributed by atoms with Crippen molar-refractivity contribution in [2.75, 3.05) is 11.9 Å². The minimum Gasteiger partial charge on any atom is -0.368 e. The molecule has 0 atom stereocenters. The summed E-state index contributed by atoms with van der Waals surface area (Å²) < 4.78 is 0. The van der Waals surface area contributed by atoms with Crippen molar-refractivity contribution >= 4 is 5.82 Å². The molecule has 13 heavy (non-hydrogen) atoms. The Hall–Kier alpha value is -1.89. The minimum atomic E-state index is 0.328. The van der Waals surface area contributed by atoms with E-state index in [0.29, 0.717) is 11.5 Å². The van der Waals surface area contributed by atoms with Gasteiger partial charge in [0.2, 0.25) is 0 Å². The smallest absolute Gasteiger partial charge is 0.158 e. The zero-order valence-electron chi connectivity index (χ0n) is 7.20. The third kappa shape index (κ3) is 2.91. The van der Waals surface area contributed by atoms with Gasteiger partial charge in [-0.05, 0) is 6.42 Å². The summed E-state index contributed by atoms with van der Waals surface area (Å²) in [5, 5.41) is 11.5. The van der Waals surface area contributed by atoms with E-state index in [-0.39, 0.29) is 0 Å². The number of hydrogen-bond acceptors (Lipinski definition) is 4. The van der Waals surface area contributed by atoms with Gasteiger partial charge in [-0.1, -0.05) is 6.08 Å². The SMILES string of the molecule is C=CCCNc1cnc(C#N)cn1. The highest BCUT2D eigenvalue weighted by molar-refractivity contribution is 5.32. The van der Waals surface area contributed by atoms with Crippen LogP contribution in [0.15, 0.2) is 25.0 Å². The summed E-state index contributed by atoms with van der Waals surface area (Å²) in [6, 6.07) is 1.90. The van der Waals surface area contributed by atoms with E-state index in [2.05, 4.69) is 21.9 Å². The van der Waals surface area contributed by atoms with Crippen LogP contribution in [-0.4, -0.2) is 16.5 Å². The van der Waals surface area contributed by atoms with E-state index in [4.69, 9.17) is 5.26 Å². The van der Waals surface area contributed by atoms with Gasteiger partial charge in [0.15, 0.2) is 5.69 Å². The van der Waals surface area contributed by atoms with E-state index in [1.54, 1.807) is 6.20 Å². The topological polar surface area (TPSA) is 61.6 Å². The summed E-state index contributed by atoms with van der Waals surface area (Å²) in [5.41, 5.74) is 0.328. The van der Waals surface area contributed by atoms with Crippen LogP contribution in [0.3, 0.4) is 0 Å². The maximum atomic E-state index is 8.46. The zero-order chi connectivity index (χ0) is 9.52. The maximum absolute atomic E-state index is 8.46. The second kappa shape index (κ2) is 4.88. The molecule has 0 aliphatic rings. The summed E-state index contributed by atoms with van der Waals surface area (Å²) in [6.07, 6.45) is 5.68. The average molecular weight is 174 g/mol. The Morgan fingerprint density at radius 2 is 2.38 bits per heavy atom. The fraction of sp³-hybridized carbons (Fsp3) is 0.222. The molecule has 66 valence electrons. The Bertz CT molecular complexity index is 309. The molecule has 0 bridgehead atoms. The molecule has 0 fully saturated rings. The van der Waals surface area contributed by atoms with Crippen molar-refractivity contribution in [1.29, 1.82) is 5.26 Å². The third-order valence-corrected chi connectivity index (χ3v) is 1.42. The van der Waals surface area contributed by atoms with Crippen molar-refractivity contribution < 1.29 is 0 Å². The molecule has 4 nitrogen and oxygen atoms in total. The molecule has 0 saturated carbocycles. The first kappa shape index (κ1) is 9.20. The van der Waals surface area contributed by atoms with Crippen LogP contribution in [0.5, 0.6) is 0 Å². The van der Waals surface area contributed by atoms with Gasteiger partial charge in [-0.25, -0.2) is 9.97 Å². The molecule has 1 aromatic heterocycles. The molecule has 0 unspecified atom stereocenters. The van der Waals surface area contributed by atoms with E-state index in [0.717, 1.165) is 13.0 Å². The van der Waals surface area contributed by atoms with E-state index in [9.17, 15) is 0 Å². The molecule has 0 aliphatic heterocycles. The monoisotopic (exact) mass is 174 g/mol. The first-order chi connectivity index (χ1) is 6.36. The van der Waals surface area contributed by atoms with Crippen LogP contribution in [0.25, 0.3) is 0 Å². The lowest BCUT2D eigenvalue weighted by Gasteiger charge is -2.01. The van der Waals surface area contributed by atoms with Gasteiger partial charge < -0.3 is 5.32 Å². The molecule has 1 N–H and O–H groups in total. The molecule has 0 spiro atoms. The van der Waals surface area contributed by atoms with Crippen molar-refractivity contribution in [3.8, 4) is 6.07 Å². The van der Waals surface area contributed by atoms with Crippen molar-refractivity contribution in [3.05, 3.63) is 30.7 Å². The molecule has 1 heterocycles. The summed E-state index contributed by atoms with van der Waals surface area (Å²) in [5.74, 6) is 0.681. The normalized spacial score (nSPS) is 8.85. The first-order valence-electron chi connectivity index (χ1n) is 3.93. The van der Waals surface area contributed by atoms with Crippen molar-refractivity contribution in [2.24, 2.45) is 0 Å². The van der Waals surface area contributed by atoms with Crippen LogP contribution in [-0.2, 0) is 0 Å². The number of nitrogens with one attached hydrogen (secondary N) is 1. The summed E-state index contributed by atoms with van der Waals surface area (Å²) in [6.45, 7) is 4.38. The number of nitriles is 1. The third-order valence-electron chi connectivity index (χ3n) is 1.42. The molecular formula is C9H10N4. The highest BCUT2D eigenvalue weighted by atomic mass is 15.0. The Balaban J connectivity index is 2.50. The Morgan fingerprint density at radius 1 is 1.54 bits per heavy atom. The van der Waals surface area contributed by atoms with Crippen LogP contribution in [0, 0.1) is 11.3 Å². The van der Waals surface area contributed by atoms with Gasteiger partial charge >= 0.3 is 0 Å². The van der Waals surface area contributed by atoms with Crippen LogP contribution in [0.2, 0.25) is 0 Å². The molecule has 0 radical (unpaired) electrons. The average Bonchev–Trinajstić information content (AvgIpc) is 2.19. The van der Waals surface area contributed by atoms with Crippen molar-refractivity contribution in [2.45, 2.75) is 6.42 Å². The Labute approximate surface area is 76.9 Å². The Morgan fingerprint density at radius 3 is 2.92 bits per heavy atom. The second-order valence-electron chi connectivity index (χ2n) is 2.40. The molecular weight excluding hydrogens is 164 g/mol. The number of nitrogens with zero attached hydrogens (tertiary/aromatic N) is 3. The van der Waals surface area contributed by atoms with Crippen molar-refractivity contribution in [3.63, 3.8) is 0 Å². The van der Waals surface area contributed by atoms with Gasteiger partial charge in [0, 0.05) is 6.54 Å². The van der Waals surface area contributed by atoms with Crippen LogP contribution in [0.1, 0.15) is 12.1 Å². The van der Waals surface area contributed by atoms with E-state index >= 15 is 0 Å². The standard InChI is InChI=1S/C9H10N4/c1-2-3-4-11-9-7-12-8(5-10)6-13-9/h2,6-7H,1,3-4H2,(H,11,13). The fourth-order valence-corrected chi connectivity index (χ4v) is 0.779. The molecule has 0 amide bonds. The van der Waals surface area contributed by atoms with Crippen LogP contribution >= 0.6 is 0 Å². The van der Waals surface area contributed by atoms with Gasteiger partial charge in [0.1, 0.15) is 11.9 Å². The Kier molecular flexibility index (Phi) is 3.45. The lowest BCUT2D eigenvalue weighted by Crippen LogP contribution is -2.02. The first-order valence-corrected chi connectivity index (χ1v) is 3.93.